The van der Waals surface area contributed by atoms with Crippen molar-refractivity contribution in [1.82, 2.24) is 14.8 Å². The Morgan fingerprint density at radius 2 is 1.72 bits per heavy atom. The van der Waals surface area contributed by atoms with Crippen LogP contribution in [0, 0.1) is 0 Å². The minimum atomic E-state index is 0.647. The maximum Gasteiger partial charge on any atom is 0.179 e. The summed E-state index contributed by atoms with van der Waals surface area (Å²) in [5.74, 6) is 1.47. The van der Waals surface area contributed by atoms with Gasteiger partial charge in [-0.25, -0.2) is 4.98 Å². The van der Waals surface area contributed by atoms with Crippen molar-refractivity contribution < 1.29 is 9.47 Å². The predicted octanol–water partition coefficient (Wildman–Crippen LogP) is 4.43. The Labute approximate surface area is 179 Å². The molecule has 0 bridgehead atoms. The maximum atomic E-state index is 6.45. The summed E-state index contributed by atoms with van der Waals surface area (Å²) in [7, 11) is 0. The largest absolute Gasteiger partial charge is 0.489 e. The highest BCUT2D eigenvalue weighted by Crippen LogP contribution is 2.38. The summed E-state index contributed by atoms with van der Waals surface area (Å²) in [5, 5.41) is 1.85. The summed E-state index contributed by atoms with van der Waals surface area (Å²) in [6.07, 6.45) is 0.886. The Morgan fingerprint density at radius 3 is 2.55 bits per heavy atom. The fraction of sp³-hybridized carbons (Fsp3) is 0.409. The van der Waals surface area contributed by atoms with Crippen LogP contribution in [0.25, 0.3) is 10.2 Å². The van der Waals surface area contributed by atoms with Crippen molar-refractivity contribution in [2.75, 3.05) is 39.4 Å². The van der Waals surface area contributed by atoms with E-state index in [4.69, 9.17) is 26.1 Å². The molecule has 7 heteroatoms. The molecule has 5 rings (SSSR count). The zero-order valence-electron chi connectivity index (χ0n) is 16.3. The van der Waals surface area contributed by atoms with Gasteiger partial charge in [0.1, 0.15) is 5.01 Å². The Bertz CT molecular complexity index is 968. The van der Waals surface area contributed by atoms with Crippen LogP contribution >= 0.6 is 22.9 Å². The number of aromatic nitrogens is 1. The van der Waals surface area contributed by atoms with E-state index in [1.165, 1.54) is 15.3 Å². The molecule has 29 heavy (non-hydrogen) atoms. The van der Waals surface area contributed by atoms with Gasteiger partial charge in [-0.05, 0) is 29.8 Å². The van der Waals surface area contributed by atoms with E-state index in [9.17, 15) is 0 Å². The molecule has 2 aromatic carbocycles. The van der Waals surface area contributed by atoms with E-state index in [1.807, 2.05) is 6.07 Å². The molecular formula is C22H24ClN3O2S. The number of rotatable bonds is 4. The zero-order chi connectivity index (χ0) is 19.6. The highest BCUT2D eigenvalue weighted by Gasteiger charge is 2.21. The highest BCUT2D eigenvalue weighted by molar-refractivity contribution is 7.18. The SMILES string of the molecule is Clc1cc(CN2CCN(Cc3nc4ccccc4s3)CC2)cc2c1OCCCO2. The van der Waals surface area contributed by atoms with E-state index in [0.717, 1.165) is 57.0 Å². The van der Waals surface area contributed by atoms with Gasteiger partial charge in [0.05, 0.1) is 35.0 Å². The van der Waals surface area contributed by atoms with E-state index in [1.54, 1.807) is 11.3 Å². The zero-order valence-corrected chi connectivity index (χ0v) is 17.8. The standard InChI is InChI=1S/C22H24ClN3O2S/c23-17-12-16(13-19-22(17)28-11-3-10-27-19)14-25-6-8-26(9-7-25)15-21-24-18-4-1-2-5-20(18)29-21/h1-2,4-5,12-13H,3,6-11,14-15H2. The normalized spacial score (nSPS) is 18.1. The van der Waals surface area contributed by atoms with Crippen molar-refractivity contribution in [3.05, 3.63) is 52.0 Å². The summed E-state index contributed by atoms with van der Waals surface area (Å²) in [6, 6.07) is 12.5. The first-order valence-corrected chi connectivity index (χ1v) is 11.3. The third-order valence-corrected chi connectivity index (χ3v) is 6.73. The van der Waals surface area contributed by atoms with Gasteiger partial charge in [-0.15, -0.1) is 11.3 Å². The number of benzene rings is 2. The fourth-order valence-corrected chi connectivity index (χ4v) is 5.22. The molecule has 0 radical (unpaired) electrons. The number of ether oxygens (including phenoxy) is 2. The van der Waals surface area contributed by atoms with Gasteiger partial charge in [0, 0.05) is 39.1 Å². The number of piperazine rings is 1. The first kappa shape index (κ1) is 19.1. The Kier molecular flexibility index (Phi) is 5.59. The van der Waals surface area contributed by atoms with E-state index in [2.05, 4.69) is 40.1 Å². The van der Waals surface area contributed by atoms with Crippen LogP contribution in [0.2, 0.25) is 5.02 Å². The van der Waals surface area contributed by atoms with E-state index in [0.29, 0.717) is 24.0 Å². The summed E-state index contributed by atoms with van der Waals surface area (Å²) in [4.78, 5) is 9.75. The summed E-state index contributed by atoms with van der Waals surface area (Å²) in [6.45, 7) is 7.32. The summed E-state index contributed by atoms with van der Waals surface area (Å²) < 4.78 is 12.8. The second-order valence-electron chi connectivity index (χ2n) is 7.58. The number of halogens is 1. The van der Waals surface area contributed by atoms with Gasteiger partial charge in [-0.2, -0.15) is 0 Å². The average Bonchev–Trinajstić information content (AvgIpc) is 2.97. The minimum Gasteiger partial charge on any atom is -0.489 e. The third kappa shape index (κ3) is 4.36. The number of fused-ring (bicyclic) bond motifs is 2. The van der Waals surface area contributed by atoms with Crippen LogP contribution in [0.1, 0.15) is 17.0 Å². The number of hydrogen-bond donors (Lipinski definition) is 0. The fourth-order valence-electron chi connectivity index (χ4n) is 3.92. The molecule has 0 amide bonds. The maximum absolute atomic E-state index is 6.45. The van der Waals surface area contributed by atoms with Gasteiger partial charge in [-0.3, -0.25) is 9.80 Å². The van der Waals surface area contributed by atoms with Gasteiger partial charge in [-0.1, -0.05) is 23.7 Å². The van der Waals surface area contributed by atoms with Gasteiger partial charge in [0.25, 0.3) is 0 Å². The number of para-hydroxylation sites is 1. The van der Waals surface area contributed by atoms with Crippen molar-refractivity contribution >= 4 is 33.2 Å². The van der Waals surface area contributed by atoms with Crippen LogP contribution in [-0.2, 0) is 13.1 Å². The molecule has 5 nitrogen and oxygen atoms in total. The van der Waals surface area contributed by atoms with Crippen molar-refractivity contribution in [2.24, 2.45) is 0 Å². The molecule has 0 unspecified atom stereocenters. The Hall–Kier alpha value is -1.86. The first-order chi connectivity index (χ1) is 14.2. The molecule has 152 valence electrons. The molecule has 2 aliphatic heterocycles. The van der Waals surface area contributed by atoms with E-state index >= 15 is 0 Å². The van der Waals surface area contributed by atoms with Gasteiger partial charge in [0.15, 0.2) is 11.5 Å². The Balaban J connectivity index is 1.19. The molecule has 1 aromatic heterocycles. The molecule has 2 aliphatic rings. The van der Waals surface area contributed by atoms with Crippen LogP contribution in [0.5, 0.6) is 11.5 Å². The number of hydrogen-bond acceptors (Lipinski definition) is 6. The van der Waals surface area contributed by atoms with Gasteiger partial charge >= 0.3 is 0 Å². The quantitative estimate of drug-likeness (QED) is 0.613. The summed E-state index contributed by atoms with van der Waals surface area (Å²) in [5.41, 5.74) is 2.29. The molecule has 0 aliphatic carbocycles. The van der Waals surface area contributed by atoms with Gasteiger partial charge < -0.3 is 9.47 Å². The summed E-state index contributed by atoms with van der Waals surface area (Å²) >= 11 is 8.25. The van der Waals surface area contributed by atoms with Crippen LogP contribution in [0.4, 0.5) is 0 Å². The van der Waals surface area contributed by atoms with E-state index in [-0.39, 0.29) is 0 Å². The van der Waals surface area contributed by atoms with Crippen LogP contribution < -0.4 is 9.47 Å². The van der Waals surface area contributed by atoms with Crippen molar-refractivity contribution in [3.63, 3.8) is 0 Å². The molecule has 3 aromatic rings. The second kappa shape index (κ2) is 8.48. The molecule has 1 fully saturated rings. The average molecular weight is 430 g/mol. The highest BCUT2D eigenvalue weighted by atomic mass is 35.5. The lowest BCUT2D eigenvalue weighted by Crippen LogP contribution is -2.45. The van der Waals surface area contributed by atoms with E-state index < -0.39 is 0 Å². The Morgan fingerprint density at radius 1 is 0.966 bits per heavy atom. The molecule has 1 saturated heterocycles. The van der Waals surface area contributed by atoms with Crippen molar-refractivity contribution in [2.45, 2.75) is 19.5 Å². The van der Waals surface area contributed by atoms with Crippen LogP contribution in [0.15, 0.2) is 36.4 Å². The molecule has 3 heterocycles. The van der Waals surface area contributed by atoms with Gasteiger partial charge in [0.2, 0.25) is 0 Å². The second-order valence-corrected chi connectivity index (χ2v) is 9.11. The lowest BCUT2D eigenvalue weighted by Gasteiger charge is -2.34. The third-order valence-electron chi connectivity index (χ3n) is 5.43. The van der Waals surface area contributed by atoms with Crippen molar-refractivity contribution in [1.29, 1.82) is 0 Å². The lowest BCUT2D eigenvalue weighted by molar-refractivity contribution is 0.122. The topological polar surface area (TPSA) is 37.8 Å². The predicted molar refractivity (Wildman–Crippen MR) is 117 cm³/mol. The first-order valence-electron chi connectivity index (χ1n) is 10.1. The lowest BCUT2D eigenvalue weighted by atomic mass is 10.1. The van der Waals surface area contributed by atoms with Crippen LogP contribution in [0.3, 0.4) is 0 Å². The minimum absolute atomic E-state index is 0.647. The molecular weight excluding hydrogens is 406 g/mol. The number of nitrogens with zero attached hydrogens (tertiary/aromatic N) is 3. The molecule has 0 saturated carbocycles. The van der Waals surface area contributed by atoms with Crippen molar-refractivity contribution in [3.8, 4) is 11.5 Å². The molecule has 0 N–H and O–H groups in total. The number of thiazole rings is 1. The smallest absolute Gasteiger partial charge is 0.179 e. The monoisotopic (exact) mass is 429 g/mol. The molecule has 0 atom stereocenters. The molecule has 0 spiro atoms. The van der Waals surface area contributed by atoms with Crippen LogP contribution in [-0.4, -0.2) is 54.2 Å².